The van der Waals surface area contributed by atoms with Crippen LogP contribution in [0.1, 0.15) is 0 Å². The van der Waals surface area contributed by atoms with Crippen molar-refractivity contribution in [1.29, 1.82) is 0 Å². The molecule has 0 bridgehead atoms. The van der Waals surface area contributed by atoms with E-state index in [4.69, 9.17) is 0 Å². The molecule has 0 aromatic heterocycles. The summed E-state index contributed by atoms with van der Waals surface area (Å²) in [6.07, 6.45) is -6.16. The molecule has 0 aliphatic rings. The number of rotatable bonds is 12. The lowest BCUT2D eigenvalue weighted by atomic mass is 9.86. The highest BCUT2D eigenvalue weighted by Crippen LogP contribution is 2.65. The molecule has 0 unspecified atom stereocenters. The van der Waals surface area contributed by atoms with E-state index in [0.29, 0.717) is 0 Å². The second-order valence-corrected chi connectivity index (χ2v) is 7.37. The fourth-order valence-electron chi connectivity index (χ4n) is 1.80. The van der Waals surface area contributed by atoms with Crippen LogP contribution in [0.3, 0.4) is 0 Å². The molecule has 0 aromatic carbocycles. The number of alkyl halides is 20. The summed E-state index contributed by atoms with van der Waals surface area (Å²) in [6, 6.07) is 0. The third kappa shape index (κ3) is 4.62. The highest BCUT2D eigenvalue weighted by molar-refractivity contribution is 7.80. The summed E-state index contributed by atoms with van der Waals surface area (Å²) in [5.74, 6) is -77.1. The molecule has 0 fully saturated rings. The Morgan fingerprint density at radius 1 is 0.528 bits per heavy atom. The molecule has 218 valence electrons. The van der Waals surface area contributed by atoms with E-state index in [-0.39, 0.29) is 0 Å². The van der Waals surface area contributed by atoms with Crippen LogP contribution in [0.5, 0.6) is 0 Å². The molecule has 0 aliphatic carbocycles. The van der Waals surface area contributed by atoms with Gasteiger partial charge in [0.15, 0.2) is 0 Å². The molecule has 0 atom stereocenters. The predicted octanol–water partition coefficient (Wildman–Crippen LogP) is 5.45. The van der Waals surface area contributed by atoms with E-state index < -0.39 is 76.7 Å². The molecule has 4 nitrogen and oxygen atoms in total. The first-order valence-electron chi connectivity index (χ1n) is 7.44. The molecule has 36 heavy (non-hydrogen) atoms. The molecule has 0 saturated carbocycles. The van der Waals surface area contributed by atoms with Crippen LogP contribution in [0.2, 0.25) is 0 Å². The quantitative estimate of drug-likeness (QED) is 0.168. The fraction of sp³-hybridized carbons (Fsp3) is 1.00. The lowest BCUT2D eigenvalue weighted by Gasteiger charge is -2.44. The zero-order valence-electron chi connectivity index (χ0n) is 15.4. The molecule has 0 spiro atoms. The summed E-state index contributed by atoms with van der Waals surface area (Å²) in [5, 5.41) is 0. The van der Waals surface area contributed by atoms with Crippen LogP contribution in [-0.2, 0) is 14.6 Å². The maximum atomic E-state index is 13.4. The van der Waals surface area contributed by atoms with Gasteiger partial charge in [-0.2, -0.15) is 79.0 Å². The monoisotopic (exact) mass is 611 g/mol. The second kappa shape index (κ2) is 8.76. The van der Waals surface area contributed by atoms with Gasteiger partial charge < -0.3 is 4.55 Å². The Morgan fingerprint density at radius 2 is 0.778 bits per heavy atom. The van der Waals surface area contributed by atoms with Crippen molar-refractivity contribution in [2.45, 2.75) is 59.7 Å². The predicted molar refractivity (Wildman–Crippen MR) is 66.2 cm³/mol. The van der Waals surface area contributed by atoms with Crippen LogP contribution >= 0.6 is 0 Å². The van der Waals surface area contributed by atoms with E-state index in [1.807, 2.05) is 0 Å². The minimum Gasteiger partial charge on any atom is -0.726 e. The van der Waals surface area contributed by atoms with Gasteiger partial charge in [-0.15, -0.1) is 0 Å². The van der Waals surface area contributed by atoms with Crippen LogP contribution < -0.4 is 0 Å². The third-order valence-corrected chi connectivity index (χ3v) is 4.31. The van der Waals surface area contributed by atoms with Crippen LogP contribution in [0, 0.1) is 0 Å². The molecular formula is C11H3F20O4S-. The zero-order chi connectivity index (χ0) is 30.0. The van der Waals surface area contributed by atoms with E-state index in [9.17, 15) is 101 Å². The second-order valence-electron chi connectivity index (χ2n) is 6.32. The van der Waals surface area contributed by atoms with Gasteiger partial charge in [-0.1, -0.05) is 0 Å². The zero-order valence-corrected chi connectivity index (χ0v) is 16.2. The van der Waals surface area contributed by atoms with Gasteiger partial charge in [0.1, 0.15) is 6.61 Å². The van der Waals surface area contributed by atoms with Crippen LogP contribution in [0.4, 0.5) is 87.8 Å². The standard InChI is InChI=1S/C11H4F20O4S/c12-2(13)4(16,17)6(20,21)8(24,25)10(28,29)11(30,31)9(26,27)7(22,23)5(18,19)3(14,15)1-35-36(32,33)34/h2H,1H2,(H,32,33,34)/p-1. The SMILES string of the molecule is O=S(=O)([O-])OCC(F)(F)C(F)(F)C(F)(F)C(F)(F)C(F)(F)C(F)(F)C(F)(F)C(F)(F)C(F)(F)C(F)F. The molecule has 0 amide bonds. The average molecular weight is 611 g/mol. The highest BCUT2D eigenvalue weighted by atomic mass is 32.3. The summed E-state index contributed by atoms with van der Waals surface area (Å²) in [7, 11) is -6.59. The highest BCUT2D eigenvalue weighted by Gasteiger charge is 2.96. The normalized spacial score (nSPS) is 16.6. The van der Waals surface area contributed by atoms with Crippen molar-refractivity contribution in [1.82, 2.24) is 0 Å². The molecule has 25 heteroatoms. The van der Waals surface area contributed by atoms with Crippen molar-refractivity contribution in [2.24, 2.45) is 0 Å². The fourth-order valence-corrected chi connectivity index (χ4v) is 2.09. The maximum absolute atomic E-state index is 13.4. The maximum Gasteiger partial charge on any atom is 0.385 e. The van der Waals surface area contributed by atoms with E-state index in [1.54, 1.807) is 0 Å². The van der Waals surface area contributed by atoms with E-state index in [1.165, 1.54) is 0 Å². The lowest BCUT2D eigenvalue weighted by Crippen LogP contribution is -2.76. The number of halogens is 20. The van der Waals surface area contributed by atoms with Crippen LogP contribution in [0.25, 0.3) is 0 Å². The minimum absolute atomic E-state index is 2.30. The smallest absolute Gasteiger partial charge is 0.385 e. The van der Waals surface area contributed by atoms with Gasteiger partial charge in [-0.25, -0.2) is 17.2 Å². The van der Waals surface area contributed by atoms with Gasteiger partial charge in [-0.3, -0.25) is 4.18 Å². The van der Waals surface area contributed by atoms with E-state index >= 15 is 0 Å². The van der Waals surface area contributed by atoms with Gasteiger partial charge in [0.2, 0.25) is 10.4 Å². The Bertz CT molecular complexity index is 909. The molecule has 0 aromatic rings. The first kappa shape index (κ1) is 34.5. The summed E-state index contributed by atoms with van der Waals surface area (Å²) >= 11 is 0. The van der Waals surface area contributed by atoms with Crippen molar-refractivity contribution < 1.29 is 105 Å². The average Bonchev–Trinajstić information content (AvgIpc) is 2.64. The molecule has 0 aliphatic heterocycles. The minimum atomic E-state index is -9.18. The van der Waals surface area contributed by atoms with Gasteiger partial charge in [0.25, 0.3) is 0 Å². The molecule has 0 saturated heterocycles. The summed E-state index contributed by atoms with van der Waals surface area (Å²) in [5.41, 5.74) is 0. The van der Waals surface area contributed by atoms with Gasteiger partial charge >= 0.3 is 59.7 Å². The largest absolute Gasteiger partial charge is 0.726 e. The summed E-state index contributed by atoms with van der Waals surface area (Å²) in [6.45, 7) is -3.92. The Balaban J connectivity index is 6.92. The molecule has 0 heterocycles. The Kier molecular flexibility index (Phi) is 8.39. The Labute approximate surface area is 183 Å². The van der Waals surface area contributed by atoms with Crippen molar-refractivity contribution in [3.8, 4) is 0 Å². The van der Waals surface area contributed by atoms with Gasteiger partial charge in [0, 0.05) is 0 Å². The lowest BCUT2D eigenvalue weighted by molar-refractivity contribution is -0.465. The summed E-state index contributed by atoms with van der Waals surface area (Å²) in [4.78, 5) is 0. The number of hydrogen-bond donors (Lipinski definition) is 0. The van der Waals surface area contributed by atoms with E-state index in [0.717, 1.165) is 0 Å². The molecular weight excluding hydrogens is 608 g/mol. The Hall–Kier alpha value is -1.53. The van der Waals surface area contributed by atoms with Crippen LogP contribution in [-0.4, -0.2) is 79.3 Å². The molecule has 0 rings (SSSR count). The Morgan fingerprint density at radius 3 is 1.03 bits per heavy atom. The third-order valence-electron chi connectivity index (χ3n) is 3.90. The first-order valence-corrected chi connectivity index (χ1v) is 8.77. The topological polar surface area (TPSA) is 66.4 Å². The van der Waals surface area contributed by atoms with E-state index in [2.05, 4.69) is 4.18 Å². The molecule has 0 N–H and O–H groups in total. The molecule has 0 radical (unpaired) electrons. The first-order chi connectivity index (χ1) is 15.2. The van der Waals surface area contributed by atoms with Crippen molar-refractivity contribution in [2.75, 3.05) is 6.61 Å². The van der Waals surface area contributed by atoms with Gasteiger partial charge in [-0.05, 0) is 0 Å². The van der Waals surface area contributed by atoms with Crippen molar-refractivity contribution >= 4 is 10.4 Å². The summed E-state index contributed by atoms with van der Waals surface area (Å²) < 4.78 is 293. The van der Waals surface area contributed by atoms with Gasteiger partial charge in [0.05, 0.1) is 0 Å². The van der Waals surface area contributed by atoms with Crippen molar-refractivity contribution in [3.05, 3.63) is 0 Å². The van der Waals surface area contributed by atoms with Crippen molar-refractivity contribution in [3.63, 3.8) is 0 Å². The van der Waals surface area contributed by atoms with Crippen LogP contribution in [0.15, 0.2) is 0 Å². The number of hydrogen-bond acceptors (Lipinski definition) is 4.